The summed E-state index contributed by atoms with van der Waals surface area (Å²) in [5.41, 5.74) is 1.22. The molecule has 1 unspecified atom stereocenters. The number of benzene rings is 1. The molecule has 1 aromatic carbocycles. The average molecular weight is 329 g/mol. The number of fused-ring (bicyclic) bond motifs is 3. The highest BCUT2D eigenvalue weighted by Crippen LogP contribution is 2.45. The second kappa shape index (κ2) is 6.75. The first-order valence-corrected chi connectivity index (χ1v) is 9.34. The molecule has 1 atom stereocenters. The molecule has 1 aromatic rings. The minimum absolute atomic E-state index is 0.182. The molecule has 2 bridgehead atoms. The van der Waals surface area contributed by atoms with E-state index in [2.05, 4.69) is 29.2 Å². The van der Waals surface area contributed by atoms with E-state index in [0.29, 0.717) is 13.1 Å². The van der Waals surface area contributed by atoms with Crippen LogP contribution >= 0.6 is 0 Å². The number of carboxylic acid groups (broad SMARTS) is 1. The lowest BCUT2D eigenvalue weighted by Crippen LogP contribution is -2.49. The van der Waals surface area contributed by atoms with Gasteiger partial charge in [-0.1, -0.05) is 25.0 Å². The molecule has 0 aromatic heterocycles. The van der Waals surface area contributed by atoms with Crippen molar-refractivity contribution in [2.24, 2.45) is 23.7 Å². The van der Waals surface area contributed by atoms with E-state index < -0.39 is 5.97 Å². The number of nitrogens with zero attached hydrogens (tertiary/aromatic N) is 1. The third kappa shape index (κ3) is 3.44. The molecule has 24 heavy (non-hydrogen) atoms. The van der Waals surface area contributed by atoms with Crippen LogP contribution in [0.3, 0.4) is 0 Å². The molecular formula is C20H27NO3. The van der Waals surface area contributed by atoms with Crippen LogP contribution in [0.1, 0.15) is 37.7 Å². The van der Waals surface area contributed by atoms with Crippen molar-refractivity contribution in [3.05, 3.63) is 29.8 Å². The van der Waals surface area contributed by atoms with Gasteiger partial charge in [-0.2, -0.15) is 0 Å². The van der Waals surface area contributed by atoms with Gasteiger partial charge in [-0.05, 0) is 54.7 Å². The Morgan fingerprint density at radius 3 is 2.42 bits per heavy atom. The van der Waals surface area contributed by atoms with Gasteiger partial charge in [0, 0.05) is 19.6 Å². The molecule has 3 aliphatic carbocycles. The van der Waals surface area contributed by atoms with Gasteiger partial charge in [0.1, 0.15) is 5.75 Å². The van der Waals surface area contributed by atoms with Gasteiger partial charge in [0.15, 0.2) is 0 Å². The maximum atomic E-state index is 10.8. The molecule has 5 rings (SSSR count). The predicted molar refractivity (Wildman–Crippen MR) is 91.9 cm³/mol. The lowest BCUT2D eigenvalue weighted by atomic mass is 9.65. The summed E-state index contributed by atoms with van der Waals surface area (Å²) >= 11 is 0. The molecule has 0 amide bonds. The molecule has 4 nitrogen and oxygen atoms in total. The number of hydrogen-bond acceptors (Lipinski definition) is 3. The minimum Gasteiger partial charge on any atom is -0.493 e. The van der Waals surface area contributed by atoms with Gasteiger partial charge >= 0.3 is 5.97 Å². The maximum absolute atomic E-state index is 10.8. The van der Waals surface area contributed by atoms with E-state index in [1.165, 1.54) is 37.7 Å². The van der Waals surface area contributed by atoms with Crippen molar-refractivity contribution in [3.63, 3.8) is 0 Å². The van der Waals surface area contributed by atoms with Crippen LogP contribution in [0.25, 0.3) is 0 Å². The summed E-state index contributed by atoms with van der Waals surface area (Å²) in [5, 5.41) is 8.92. The molecule has 1 heterocycles. The van der Waals surface area contributed by atoms with Gasteiger partial charge in [0.25, 0.3) is 0 Å². The number of ether oxygens (including phenoxy) is 1. The van der Waals surface area contributed by atoms with Crippen LogP contribution < -0.4 is 4.74 Å². The van der Waals surface area contributed by atoms with Crippen molar-refractivity contribution in [1.29, 1.82) is 0 Å². The zero-order valence-corrected chi connectivity index (χ0v) is 14.2. The lowest BCUT2D eigenvalue weighted by Gasteiger charge is -2.42. The van der Waals surface area contributed by atoms with Crippen molar-refractivity contribution in [1.82, 2.24) is 4.90 Å². The SMILES string of the molecule is O=C(O)C1CN(Cc2ccc(OCC3CC4CCC3CC4)cc2)C1. The van der Waals surface area contributed by atoms with Crippen LogP contribution in [-0.4, -0.2) is 35.7 Å². The van der Waals surface area contributed by atoms with Crippen molar-refractivity contribution in [2.75, 3.05) is 19.7 Å². The summed E-state index contributed by atoms with van der Waals surface area (Å²) in [6, 6.07) is 8.34. The smallest absolute Gasteiger partial charge is 0.309 e. The van der Waals surface area contributed by atoms with Crippen LogP contribution in [0, 0.1) is 23.7 Å². The monoisotopic (exact) mass is 329 g/mol. The molecule has 0 radical (unpaired) electrons. The Hall–Kier alpha value is -1.55. The highest BCUT2D eigenvalue weighted by atomic mass is 16.5. The molecule has 130 valence electrons. The maximum Gasteiger partial charge on any atom is 0.309 e. The Morgan fingerprint density at radius 1 is 1.12 bits per heavy atom. The molecule has 4 heteroatoms. The first-order chi connectivity index (χ1) is 11.7. The highest BCUT2D eigenvalue weighted by Gasteiger charge is 2.35. The van der Waals surface area contributed by atoms with Crippen molar-refractivity contribution >= 4 is 5.97 Å². The van der Waals surface area contributed by atoms with Gasteiger partial charge in [-0.15, -0.1) is 0 Å². The zero-order valence-electron chi connectivity index (χ0n) is 14.2. The fourth-order valence-electron chi connectivity index (χ4n) is 4.73. The van der Waals surface area contributed by atoms with Crippen LogP contribution in [0.2, 0.25) is 0 Å². The molecule has 1 N–H and O–H groups in total. The van der Waals surface area contributed by atoms with Crippen LogP contribution in [0.15, 0.2) is 24.3 Å². The summed E-state index contributed by atoms with van der Waals surface area (Å²) in [7, 11) is 0. The van der Waals surface area contributed by atoms with E-state index in [0.717, 1.165) is 36.7 Å². The van der Waals surface area contributed by atoms with E-state index in [1.807, 2.05) is 0 Å². The molecular weight excluding hydrogens is 302 g/mol. The first kappa shape index (κ1) is 15.9. The standard InChI is InChI=1S/C20H27NO3/c22-20(23)18-11-21(12-18)10-15-3-7-19(8-4-15)24-13-17-9-14-1-5-16(17)6-2-14/h3-4,7-8,14,16-18H,1-2,5-6,9-13H2,(H,22,23). The second-order valence-electron chi connectivity index (χ2n) is 7.96. The summed E-state index contributed by atoms with van der Waals surface area (Å²) < 4.78 is 6.06. The fourth-order valence-corrected chi connectivity index (χ4v) is 4.73. The Bertz CT molecular complexity index is 571. The van der Waals surface area contributed by atoms with Crippen molar-refractivity contribution < 1.29 is 14.6 Å². The van der Waals surface area contributed by atoms with Gasteiger partial charge in [-0.25, -0.2) is 0 Å². The number of carboxylic acids is 1. The third-order valence-corrected chi connectivity index (χ3v) is 6.29. The largest absolute Gasteiger partial charge is 0.493 e. The predicted octanol–water partition coefficient (Wildman–Crippen LogP) is 3.41. The van der Waals surface area contributed by atoms with E-state index >= 15 is 0 Å². The van der Waals surface area contributed by atoms with Crippen molar-refractivity contribution in [3.8, 4) is 5.75 Å². The molecule has 4 fully saturated rings. The summed E-state index contributed by atoms with van der Waals surface area (Å²) in [4.78, 5) is 13.0. The zero-order chi connectivity index (χ0) is 16.5. The summed E-state index contributed by atoms with van der Waals surface area (Å²) in [6.45, 7) is 3.03. The first-order valence-electron chi connectivity index (χ1n) is 9.34. The molecule has 1 aliphatic heterocycles. The third-order valence-electron chi connectivity index (χ3n) is 6.29. The Kier molecular flexibility index (Phi) is 4.49. The Labute approximate surface area is 143 Å². The number of rotatable bonds is 6. The van der Waals surface area contributed by atoms with Gasteiger partial charge in [0.05, 0.1) is 12.5 Å². The average Bonchev–Trinajstić information content (AvgIpc) is 2.57. The minimum atomic E-state index is -0.675. The van der Waals surface area contributed by atoms with Gasteiger partial charge in [-0.3, -0.25) is 9.69 Å². The van der Waals surface area contributed by atoms with Crippen LogP contribution in [0.5, 0.6) is 5.75 Å². The van der Waals surface area contributed by atoms with E-state index in [1.54, 1.807) is 0 Å². The van der Waals surface area contributed by atoms with Crippen molar-refractivity contribution in [2.45, 2.75) is 38.6 Å². The molecule has 1 saturated heterocycles. The topological polar surface area (TPSA) is 49.8 Å². The summed E-state index contributed by atoms with van der Waals surface area (Å²) in [6.07, 6.45) is 7.06. The van der Waals surface area contributed by atoms with E-state index in [-0.39, 0.29) is 5.92 Å². The number of hydrogen-bond donors (Lipinski definition) is 1. The Morgan fingerprint density at radius 2 is 1.83 bits per heavy atom. The normalized spacial score (nSPS) is 30.1. The van der Waals surface area contributed by atoms with Gasteiger partial charge in [0.2, 0.25) is 0 Å². The Balaban J connectivity index is 1.23. The number of likely N-dealkylation sites (tertiary alicyclic amines) is 1. The number of aliphatic carboxylic acids is 1. The van der Waals surface area contributed by atoms with E-state index in [4.69, 9.17) is 9.84 Å². The van der Waals surface area contributed by atoms with E-state index in [9.17, 15) is 4.79 Å². The number of carbonyl (C=O) groups is 1. The lowest BCUT2D eigenvalue weighted by molar-refractivity contribution is -0.147. The quantitative estimate of drug-likeness (QED) is 0.869. The van der Waals surface area contributed by atoms with Gasteiger partial charge < -0.3 is 9.84 Å². The van der Waals surface area contributed by atoms with Crippen LogP contribution in [-0.2, 0) is 11.3 Å². The van der Waals surface area contributed by atoms with Crippen LogP contribution in [0.4, 0.5) is 0 Å². The molecule has 0 spiro atoms. The summed E-state index contributed by atoms with van der Waals surface area (Å²) in [5.74, 6) is 2.71. The fraction of sp³-hybridized carbons (Fsp3) is 0.650. The highest BCUT2D eigenvalue weighted by molar-refractivity contribution is 5.71. The molecule has 4 aliphatic rings. The second-order valence-corrected chi connectivity index (χ2v) is 7.96. The molecule has 3 saturated carbocycles.